The summed E-state index contributed by atoms with van der Waals surface area (Å²) in [6, 6.07) is 10.0. The molecule has 0 bridgehead atoms. The molecule has 4 nitrogen and oxygen atoms in total. The van der Waals surface area contributed by atoms with Crippen molar-refractivity contribution in [3.63, 3.8) is 0 Å². The minimum Gasteiger partial charge on any atom is -0.310 e. The summed E-state index contributed by atoms with van der Waals surface area (Å²) in [6.45, 7) is 3.94. The third-order valence-corrected chi connectivity index (χ3v) is 3.63. The van der Waals surface area contributed by atoms with Crippen LogP contribution in [0.4, 0.5) is 10.2 Å². The average Bonchev–Trinajstić information content (AvgIpc) is 2.86. The quantitative estimate of drug-likeness (QED) is 0.785. The Balaban J connectivity index is 2.14. The van der Waals surface area contributed by atoms with Crippen LogP contribution in [0.2, 0.25) is 0 Å². The van der Waals surface area contributed by atoms with Gasteiger partial charge in [-0.05, 0) is 55.3 Å². The van der Waals surface area contributed by atoms with Gasteiger partial charge in [0.15, 0.2) is 0 Å². The van der Waals surface area contributed by atoms with Gasteiger partial charge in [-0.15, -0.1) is 0 Å². The van der Waals surface area contributed by atoms with Crippen molar-refractivity contribution < 1.29 is 9.18 Å². The fraction of sp³-hybridized carbons (Fsp3) is 0.222. The van der Waals surface area contributed by atoms with E-state index in [0.29, 0.717) is 17.9 Å². The Morgan fingerprint density at radius 1 is 1.26 bits per heavy atom. The highest BCUT2D eigenvalue weighted by Gasteiger charge is 2.16. The largest absolute Gasteiger partial charge is 0.310 e. The van der Waals surface area contributed by atoms with Crippen LogP contribution in [0, 0.1) is 12.7 Å². The second-order valence-electron chi connectivity index (χ2n) is 5.55. The molecule has 1 aromatic carbocycles. The van der Waals surface area contributed by atoms with Gasteiger partial charge in [0.1, 0.15) is 23.0 Å². The monoisotopic (exact) mass is 311 g/mol. The lowest BCUT2D eigenvalue weighted by molar-refractivity contribution is -0.116. The van der Waals surface area contributed by atoms with Crippen LogP contribution in [0.3, 0.4) is 0 Å². The zero-order chi connectivity index (χ0) is 16.4. The third kappa shape index (κ3) is 3.08. The lowest BCUT2D eigenvalue weighted by Crippen LogP contribution is -2.13. The van der Waals surface area contributed by atoms with Crippen molar-refractivity contribution in [1.82, 2.24) is 9.38 Å². The van der Waals surface area contributed by atoms with Crippen molar-refractivity contribution in [3.8, 4) is 11.3 Å². The van der Waals surface area contributed by atoms with Crippen LogP contribution in [0.25, 0.3) is 16.9 Å². The van der Waals surface area contributed by atoms with Gasteiger partial charge in [0, 0.05) is 18.2 Å². The number of aryl methyl sites for hydroxylation is 1. The number of rotatable bonds is 4. The number of hydrogen-bond donors (Lipinski definition) is 1. The molecule has 0 aliphatic heterocycles. The highest BCUT2D eigenvalue weighted by Crippen LogP contribution is 2.29. The number of amides is 1. The van der Waals surface area contributed by atoms with Crippen LogP contribution in [-0.4, -0.2) is 15.3 Å². The Hall–Kier alpha value is -2.69. The maximum absolute atomic E-state index is 13.2. The molecule has 5 heteroatoms. The highest BCUT2D eigenvalue weighted by atomic mass is 19.1. The number of fused-ring (bicyclic) bond motifs is 1. The molecule has 0 spiro atoms. The summed E-state index contributed by atoms with van der Waals surface area (Å²) in [7, 11) is 0. The van der Waals surface area contributed by atoms with Crippen molar-refractivity contribution in [2.24, 2.45) is 0 Å². The number of pyridine rings is 1. The van der Waals surface area contributed by atoms with E-state index in [1.807, 2.05) is 36.6 Å². The van der Waals surface area contributed by atoms with Crippen molar-refractivity contribution in [2.45, 2.75) is 26.7 Å². The minimum absolute atomic E-state index is 0.0572. The average molecular weight is 311 g/mol. The maximum Gasteiger partial charge on any atom is 0.225 e. The van der Waals surface area contributed by atoms with E-state index in [4.69, 9.17) is 0 Å². The Labute approximate surface area is 134 Å². The number of halogens is 1. The molecule has 0 atom stereocenters. The third-order valence-electron chi connectivity index (χ3n) is 3.63. The van der Waals surface area contributed by atoms with Crippen molar-refractivity contribution >= 4 is 17.4 Å². The van der Waals surface area contributed by atoms with Gasteiger partial charge in [-0.25, -0.2) is 9.37 Å². The van der Waals surface area contributed by atoms with E-state index in [0.717, 1.165) is 23.2 Å². The zero-order valence-corrected chi connectivity index (χ0v) is 13.1. The number of carbonyl (C=O) groups is 1. The number of imidazole rings is 1. The van der Waals surface area contributed by atoms with Crippen molar-refractivity contribution in [1.29, 1.82) is 0 Å². The van der Waals surface area contributed by atoms with E-state index in [1.54, 1.807) is 12.1 Å². The fourth-order valence-electron chi connectivity index (χ4n) is 2.50. The first-order valence-corrected chi connectivity index (χ1v) is 7.63. The summed E-state index contributed by atoms with van der Waals surface area (Å²) in [5.41, 5.74) is 3.23. The van der Waals surface area contributed by atoms with E-state index >= 15 is 0 Å². The van der Waals surface area contributed by atoms with E-state index in [9.17, 15) is 9.18 Å². The van der Waals surface area contributed by atoms with Gasteiger partial charge in [0.25, 0.3) is 0 Å². The number of anilines is 1. The molecule has 0 radical (unpaired) electrons. The van der Waals surface area contributed by atoms with Gasteiger partial charge in [-0.2, -0.15) is 0 Å². The van der Waals surface area contributed by atoms with Crippen LogP contribution in [0.5, 0.6) is 0 Å². The summed E-state index contributed by atoms with van der Waals surface area (Å²) < 4.78 is 15.0. The molecule has 3 rings (SSSR count). The molecule has 2 heterocycles. The van der Waals surface area contributed by atoms with E-state index in [-0.39, 0.29) is 11.7 Å². The van der Waals surface area contributed by atoms with Gasteiger partial charge in [0.05, 0.1) is 0 Å². The summed E-state index contributed by atoms with van der Waals surface area (Å²) in [4.78, 5) is 16.7. The molecule has 0 saturated carbocycles. The Morgan fingerprint density at radius 2 is 2.00 bits per heavy atom. The van der Waals surface area contributed by atoms with Gasteiger partial charge < -0.3 is 5.32 Å². The molecule has 118 valence electrons. The summed E-state index contributed by atoms with van der Waals surface area (Å²) in [6.07, 6.45) is 3.10. The first kappa shape index (κ1) is 15.2. The van der Waals surface area contributed by atoms with Crippen LogP contribution < -0.4 is 5.32 Å². The number of hydrogen-bond acceptors (Lipinski definition) is 2. The van der Waals surface area contributed by atoms with E-state index < -0.39 is 0 Å². The SMILES string of the molecule is CCCC(=O)Nc1c(-c2ccc(F)cc2)nc2cc(C)ccn12. The predicted molar refractivity (Wildman–Crippen MR) is 88.9 cm³/mol. The summed E-state index contributed by atoms with van der Waals surface area (Å²) in [5.74, 6) is 0.258. The smallest absolute Gasteiger partial charge is 0.225 e. The summed E-state index contributed by atoms with van der Waals surface area (Å²) in [5, 5.41) is 2.93. The van der Waals surface area contributed by atoms with Crippen LogP contribution in [0.15, 0.2) is 42.6 Å². The van der Waals surface area contributed by atoms with E-state index in [1.165, 1.54) is 12.1 Å². The maximum atomic E-state index is 13.2. The molecule has 1 amide bonds. The summed E-state index contributed by atoms with van der Waals surface area (Å²) >= 11 is 0. The van der Waals surface area contributed by atoms with E-state index in [2.05, 4.69) is 10.3 Å². The Morgan fingerprint density at radius 3 is 2.70 bits per heavy atom. The second-order valence-corrected chi connectivity index (χ2v) is 5.55. The first-order valence-electron chi connectivity index (χ1n) is 7.63. The topological polar surface area (TPSA) is 46.4 Å². The minimum atomic E-state index is -0.301. The Bertz CT molecular complexity index is 853. The zero-order valence-electron chi connectivity index (χ0n) is 13.1. The molecule has 1 N–H and O–H groups in total. The molecule has 23 heavy (non-hydrogen) atoms. The molecule has 0 aliphatic rings. The highest BCUT2D eigenvalue weighted by molar-refractivity contribution is 5.94. The Kier molecular flexibility index (Phi) is 4.10. The molecule has 0 unspecified atom stereocenters. The molecule has 0 saturated heterocycles. The van der Waals surface area contributed by atoms with Gasteiger partial charge >= 0.3 is 0 Å². The number of carbonyl (C=O) groups excluding carboxylic acids is 1. The standard InChI is InChI=1S/C18H18FN3O/c1-3-4-16(23)21-18-17(13-5-7-14(19)8-6-13)20-15-11-12(2)9-10-22(15)18/h5-11H,3-4H2,1-2H3,(H,21,23). The molecule has 0 aliphatic carbocycles. The molecule has 2 aromatic heterocycles. The normalized spacial score (nSPS) is 10.9. The van der Waals surface area contributed by atoms with Crippen LogP contribution >= 0.6 is 0 Å². The van der Waals surface area contributed by atoms with Crippen LogP contribution in [-0.2, 0) is 4.79 Å². The number of benzene rings is 1. The lowest BCUT2D eigenvalue weighted by atomic mass is 10.1. The molecule has 3 aromatic rings. The van der Waals surface area contributed by atoms with Gasteiger partial charge in [-0.3, -0.25) is 9.20 Å². The number of nitrogens with one attached hydrogen (secondary N) is 1. The number of nitrogens with zero attached hydrogens (tertiary/aromatic N) is 2. The fourth-order valence-corrected chi connectivity index (χ4v) is 2.50. The predicted octanol–water partition coefficient (Wildman–Crippen LogP) is 4.19. The molecular formula is C18H18FN3O. The molecular weight excluding hydrogens is 293 g/mol. The van der Waals surface area contributed by atoms with Crippen LogP contribution in [0.1, 0.15) is 25.3 Å². The first-order chi connectivity index (χ1) is 11.1. The van der Waals surface area contributed by atoms with Gasteiger partial charge in [-0.1, -0.05) is 6.92 Å². The lowest BCUT2D eigenvalue weighted by Gasteiger charge is -2.07. The van der Waals surface area contributed by atoms with Crippen molar-refractivity contribution in [3.05, 3.63) is 54.0 Å². The van der Waals surface area contributed by atoms with Crippen molar-refractivity contribution in [2.75, 3.05) is 5.32 Å². The number of aromatic nitrogens is 2. The second kappa shape index (κ2) is 6.20. The van der Waals surface area contributed by atoms with Gasteiger partial charge in [0.2, 0.25) is 5.91 Å². The molecule has 0 fully saturated rings.